The van der Waals surface area contributed by atoms with Crippen molar-refractivity contribution in [2.24, 2.45) is 0 Å². The lowest BCUT2D eigenvalue weighted by molar-refractivity contribution is -0.119. The molecule has 0 saturated carbocycles. The molecular weight excluding hydrogens is 384 g/mol. The Kier molecular flexibility index (Phi) is 7.00. The van der Waals surface area contributed by atoms with Crippen molar-refractivity contribution in [3.63, 3.8) is 0 Å². The summed E-state index contributed by atoms with van der Waals surface area (Å²) >= 11 is 0. The predicted molar refractivity (Wildman–Crippen MR) is 111 cm³/mol. The quantitative estimate of drug-likeness (QED) is 0.559. The lowest BCUT2D eigenvalue weighted by Crippen LogP contribution is -2.28. The maximum Gasteiger partial charge on any atom is 0.342 e. The number of furan rings is 1. The summed E-state index contributed by atoms with van der Waals surface area (Å²) in [6.45, 7) is 1.61. The van der Waals surface area contributed by atoms with Crippen LogP contribution in [0.5, 0.6) is 0 Å². The van der Waals surface area contributed by atoms with E-state index in [0.717, 1.165) is 5.56 Å². The average molecular weight is 406 g/mol. The number of hydrogen-bond donors (Lipinski definition) is 2. The van der Waals surface area contributed by atoms with Gasteiger partial charge in [-0.2, -0.15) is 0 Å². The number of ether oxygens (including phenoxy) is 1. The third kappa shape index (κ3) is 5.57. The summed E-state index contributed by atoms with van der Waals surface area (Å²) in [6.07, 6.45) is 2.07. The molecule has 0 atom stereocenters. The van der Waals surface area contributed by atoms with Gasteiger partial charge in [-0.25, -0.2) is 4.79 Å². The van der Waals surface area contributed by atoms with E-state index in [9.17, 15) is 14.4 Å². The zero-order valence-electron chi connectivity index (χ0n) is 16.5. The third-order valence-electron chi connectivity index (χ3n) is 4.40. The fraction of sp³-hybridized carbons (Fsp3) is 0.174. The Morgan fingerprint density at radius 2 is 1.67 bits per heavy atom. The minimum Gasteiger partial charge on any atom is -0.469 e. The Morgan fingerprint density at radius 3 is 2.40 bits per heavy atom. The number of esters is 1. The van der Waals surface area contributed by atoms with Gasteiger partial charge in [0.2, 0.25) is 0 Å². The number of para-hydroxylation sites is 1. The Balaban J connectivity index is 1.53. The molecule has 3 aromatic rings. The molecule has 30 heavy (non-hydrogen) atoms. The molecule has 154 valence electrons. The van der Waals surface area contributed by atoms with Crippen molar-refractivity contribution in [3.8, 4) is 0 Å². The van der Waals surface area contributed by atoms with Gasteiger partial charge in [-0.15, -0.1) is 0 Å². The van der Waals surface area contributed by atoms with E-state index in [1.54, 1.807) is 31.2 Å². The van der Waals surface area contributed by atoms with E-state index in [1.807, 2.05) is 30.3 Å². The van der Waals surface area contributed by atoms with E-state index in [2.05, 4.69) is 10.6 Å². The van der Waals surface area contributed by atoms with Crippen LogP contribution in [0.3, 0.4) is 0 Å². The number of rotatable bonds is 8. The number of hydrogen-bond acceptors (Lipinski definition) is 5. The molecule has 0 bridgehead atoms. The molecule has 2 N–H and O–H groups in total. The predicted octanol–water partition coefficient (Wildman–Crippen LogP) is 3.36. The smallest absolute Gasteiger partial charge is 0.342 e. The SMILES string of the molecule is Cc1occc1C(=O)OCC(=O)Nc1ccccc1C(=O)NCCc1ccccc1. The molecule has 0 aliphatic rings. The molecule has 1 aromatic heterocycles. The van der Waals surface area contributed by atoms with E-state index in [4.69, 9.17) is 9.15 Å². The molecule has 1 heterocycles. The number of carbonyl (C=O) groups is 3. The summed E-state index contributed by atoms with van der Waals surface area (Å²) in [6, 6.07) is 17.9. The number of anilines is 1. The Hall–Kier alpha value is -3.87. The topological polar surface area (TPSA) is 97.6 Å². The largest absolute Gasteiger partial charge is 0.469 e. The van der Waals surface area contributed by atoms with Crippen LogP contribution >= 0.6 is 0 Å². The van der Waals surface area contributed by atoms with Crippen molar-refractivity contribution < 1.29 is 23.5 Å². The fourth-order valence-corrected chi connectivity index (χ4v) is 2.84. The van der Waals surface area contributed by atoms with Gasteiger partial charge in [-0.05, 0) is 37.1 Å². The highest BCUT2D eigenvalue weighted by molar-refractivity contribution is 6.04. The maximum atomic E-state index is 12.5. The van der Waals surface area contributed by atoms with Crippen molar-refractivity contribution in [2.45, 2.75) is 13.3 Å². The summed E-state index contributed by atoms with van der Waals surface area (Å²) in [5.41, 5.74) is 2.06. The molecule has 0 saturated heterocycles. The van der Waals surface area contributed by atoms with Gasteiger partial charge in [-0.3, -0.25) is 9.59 Å². The van der Waals surface area contributed by atoms with Crippen LogP contribution in [0.1, 0.15) is 32.0 Å². The molecular formula is C23H22N2O5. The van der Waals surface area contributed by atoms with Crippen LogP contribution in [0.4, 0.5) is 5.69 Å². The fourth-order valence-electron chi connectivity index (χ4n) is 2.84. The number of carbonyl (C=O) groups excluding carboxylic acids is 3. The van der Waals surface area contributed by atoms with Crippen molar-refractivity contribution in [2.75, 3.05) is 18.5 Å². The Morgan fingerprint density at radius 1 is 0.933 bits per heavy atom. The summed E-state index contributed by atoms with van der Waals surface area (Å²) in [5, 5.41) is 5.46. The highest BCUT2D eigenvalue weighted by Gasteiger charge is 2.16. The second-order valence-electron chi connectivity index (χ2n) is 6.55. The Labute approximate surface area is 174 Å². The van der Waals surface area contributed by atoms with Crippen LogP contribution < -0.4 is 10.6 Å². The zero-order valence-corrected chi connectivity index (χ0v) is 16.5. The summed E-state index contributed by atoms with van der Waals surface area (Å²) < 4.78 is 10.0. The van der Waals surface area contributed by atoms with E-state index in [1.165, 1.54) is 12.3 Å². The Bertz CT molecular complexity index is 1030. The minimum absolute atomic E-state index is 0.265. The molecule has 7 nitrogen and oxygen atoms in total. The van der Waals surface area contributed by atoms with E-state index in [-0.39, 0.29) is 11.5 Å². The van der Waals surface area contributed by atoms with Crippen LogP contribution in [0, 0.1) is 6.92 Å². The second kappa shape index (κ2) is 10.1. The lowest BCUT2D eigenvalue weighted by Gasteiger charge is -2.12. The van der Waals surface area contributed by atoms with Gasteiger partial charge in [0.05, 0.1) is 17.5 Å². The minimum atomic E-state index is -0.650. The van der Waals surface area contributed by atoms with Gasteiger partial charge in [-0.1, -0.05) is 42.5 Å². The highest BCUT2D eigenvalue weighted by atomic mass is 16.5. The first-order valence-corrected chi connectivity index (χ1v) is 9.47. The summed E-state index contributed by atoms with van der Waals surface area (Å²) in [4.78, 5) is 36.7. The van der Waals surface area contributed by atoms with Gasteiger partial charge in [0.15, 0.2) is 6.61 Å². The second-order valence-corrected chi connectivity index (χ2v) is 6.55. The van der Waals surface area contributed by atoms with Gasteiger partial charge >= 0.3 is 5.97 Å². The van der Waals surface area contributed by atoms with Gasteiger partial charge in [0.25, 0.3) is 11.8 Å². The van der Waals surface area contributed by atoms with Crippen LogP contribution in [0.2, 0.25) is 0 Å². The van der Waals surface area contributed by atoms with Crippen molar-refractivity contribution >= 4 is 23.5 Å². The van der Waals surface area contributed by atoms with Crippen LogP contribution in [0.25, 0.3) is 0 Å². The average Bonchev–Trinajstić information content (AvgIpc) is 3.19. The molecule has 2 amide bonds. The zero-order chi connectivity index (χ0) is 21.3. The van der Waals surface area contributed by atoms with Crippen molar-refractivity contribution in [1.29, 1.82) is 0 Å². The van der Waals surface area contributed by atoms with Gasteiger partial charge < -0.3 is 19.8 Å². The van der Waals surface area contributed by atoms with Crippen LogP contribution in [-0.4, -0.2) is 30.9 Å². The molecule has 0 fully saturated rings. The normalized spacial score (nSPS) is 10.3. The molecule has 0 unspecified atom stereocenters. The molecule has 2 aromatic carbocycles. The molecule has 3 rings (SSSR count). The molecule has 7 heteroatoms. The third-order valence-corrected chi connectivity index (χ3v) is 4.40. The van der Waals surface area contributed by atoms with Gasteiger partial charge in [0, 0.05) is 6.54 Å². The first-order chi connectivity index (χ1) is 14.5. The van der Waals surface area contributed by atoms with Crippen LogP contribution in [0.15, 0.2) is 71.3 Å². The number of nitrogens with one attached hydrogen (secondary N) is 2. The number of amides is 2. The van der Waals surface area contributed by atoms with Gasteiger partial charge in [0.1, 0.15) is 11.3 Å². The molecule has 0 radical (unpaired) electrons. The standard InChI is InChI=1S/C23H22N2O5/c1-16-18(12-14-29-16)23(28)30-15-21(26)25-20-10-6-5-9-19(20)22(27)24-13-11-17-7-3-2-4-8-17/h2-10,12,14H,11,13,15H2,1H3,(H,24,27)(H,25,26). The van der Waals surface area contributed by atoms with Crippen molar-refractivity contribution in [1.82, 2.24) is 5.32 Å². The number of benzene rings is 2. The first-order valence-electron chi connectivity index (χ1n) is 9.47. The first kappa shape index (κ1) is 20.9. The monoisotopic (exact) mass is 406 g/mol. The summed E-state index contributed by atoms with van der Waals surface area (Å²) in [5.74, 6) is -1.08. The maximum absolute atomic E-state index is 12.5. The highest BCUT2D eigenvalue weighted by Crippen LogP contribution is 2.15. The molecule has 0 aliphatic heterocycles. The van der Waals surface area contributed by atoms with E-state index < -0.39 is 18.5 Å². The van der Waals surface area contributed by atoms with Crippen LogP contribution in [-0.2, 0) is 16.0 Å². The van der Waals surface area contributed by atoms with E-state index >= 15 is 0 Å². The van der Waals surface area contributed by atoms with E-state index in [0.29, 0.717) is 30.0 Å². The van der Waals surface area contributed by atoms with Crippen molar-refractivity contribution in [3.05, 3.63) is 89.4 Å². The molecule has 0 aliphatic carbocycles. The lowest BCUT2D eigenvalue weighted by atomic mass is 10.1. The summed E-state index contributed by atoms with van der Waals surface area (Å²) in [7, 11) is 0. The molecule has 0 spiro atoms. The number of aryl methyl sites for hydroxylation is 1.